The third kappa shape index (κ3) is 3.84. The van der Waals surface area contributed by atoms with E-state index in [0.29, 0.717) is 10.0 Å². The van der Waals surface area contributed by atoms with Crippen molar-refractivity contribution < 1.29 is 18.3 Å². The molecule has 116 valence electrons. The number of benzene rings is 1. The van der Waals surface area contributed by atoms with Crippen LogP contribution in [0.4, 0.5) is 0 Å². The summed E-state index contributed by atoms with van der Waals surface area (Å²) < 4.78 is 28.1. The number of hydrogen-bond acceptors (Lipinski definition) is 3. The number of halogens is 1. The molecular formula is C14H18BrNO4S. The second kappa shape index (κ2) is 6.46. The second-order valence-electron chi connectivity index (χ2n) is 5.37. The van der Waals surface area contributed by atoms with Crippen molar-refractivity contribution in [3.8, 4) is 0 Å². The Hall–Kier alpha value is -0.920. The molecule has 0 radical (unpaired) electrons. The molecule has 0 bridgehead atoms. The van der Waals surface area contributed by atoms with Crippen molar-refractivity contribution in [2.75, 3.05) is 0 Å². The standard InChI is InChI=1S/C14H18BrNO4S/c1-9-7-10(14(17)18)8-12(13(9)15)21(19,20)16-11-5-3-2-4-6-11/h7-8,11,16H,2-6H2,1H3,(H,17,18). The van der Waals surface area contributed by atoms with Crippen molar-refractivity contribution in [3.63, 3.8) is 0 Å². The van der Waals surface area contributed by atoms with Gasteiger partial charge < -0.3 is 5.11 Å². The number of aryl methyl sites for hydroxylation is 1. The van der Waals surface area contributed by atoms with Gasteiger partial charge in [-0.3, -0.25) is 0 Å². The Morgan fingerprint density at radius 3 is 2.48 bits per heavy atom. The zero-order valence-electron chi connectivity index (χ0n) is 11.7. The summed E-state index contributed by atoms with van der Waals surface area (Å²) in [6.45, 7) is 1.68. The van der Waals surface area contributed by atoms with Crippen LogP contribution in [0.15, 0.2) is 21.5 Å². The third-order valence-corrected chi connectivity index (χ3v) is 6.54. The minimum atomic E-state index is -3.73. The number of carboxylic acid groups (broad SMARTS) is 1. The summed E-state index contributed by atoms with van der Waals surface area (Å²) in [5.74, 6) is -1.14. The molecule has 0 saturated heterocycles. The Morgan fingerprint density at radius 2 is 1.90 bits per heavy atom. The molecule has 1 aromatic rings. The van der Waals surface area contributed by atoms with Gasteiger partial charge in [0.2, 0.25) is 10.0 Å². The van der Waals surface area contributed by atoms with Gasteiger partial charge in [-0.1, -0.05) is 19.3 Å². The molecule has 0 spiro atoms. The topological polar surface area (TPSA) is 83.5 Å². The van der Waals surface area contributed by atoms with E-state index in [-0.39, 0.29) is 16.5 Å². The zero-order valence-corrected chi connectivity index (χ0v) is 14.1. The van der Waals surface area contributed by atoms with Gasteiger partial charge in [-0.15, -0.1) is 0 Å². The van der Waals surface area contributed by atoms with E-state index < -0.39 is 16.0 Å². The van der Waals surface area contributed by atoms with Gasteiger partial charge in [0.25, 0.3) is 0 Å². The predicted molar refractivity (Wildman–Crippen MR) is 83.0 cm³/mol. The van der Waals surface area contributed by atoms with Gasteiger partial charge in [0.1, 0.15) is 0 Å². The molecule has 0 aromatic heterocycles. The lowest BCUT2D eigenvalue weighted by molar-refractivity contribution is 0.0696. The van der Waals surface area contributed by atoms with E-state index in [1.165, 1.54) is 12.1 Å². The van der Waals surface area contributed by atoms with Crippen LogP contribution < -0.4 is 4.72 Å². The van der Waals surface area contributed by atoms with E-state index in [1.807, 2.05) is 0 Å². The summed E-state index contributed by atoms with van der Waals surface area (Å²) in [5.41, 5.74) is 0.554. The highest BCUT2D eigenvalue weighted by Gasteiger charge is 2.25. The molecule has 21 heavy (non-hydrogen) atoms. The minimum Gasteiger partial charge on any atom is -0.478 e. The van der Waals surface area contributed by atoms with E-state index in [4.69, 9.17) is 5.11 Å². The van der Waals surface area contributed by atoms with Gasteiger partial charge in [0.05, 0.1) is 10.5 Å². The molecule has 0 heterocycles. The van der Waals surface area contributed by atoms with Crippen molar-refractivity contribution in [1.29, 1.82) is 0 Å². The number of carbonyl (C=O) groups is 1. The summed E-state index contributed by atoms with van der Waals surface area (Å²) >= 11 is 3.25. The highest BCUT2D eigenvalue weighted by Crippen LogP contribution is 2.28. The van der Waals surface area contributed by atoms with Crippen LogP contribution in [0.3, 0.4) is 0 Å². The smallest absolute Gasteiger partial charge is 0.335 e. The molecule has 7 heteroatoms. The largest absolute Gasteiger partial charge is 0.478 e. The van der Waals surface area contributed by atoms with Crippen molar-refractivity contribution in [1.82, 2.24) is 4.72 Å². The number of carboxylic acids is 1. The van der Waals surface area contributed by atoms with E-state index in [1.54, 1.807) is 6.92 Å². The van der Waals surface area contributed by atoms with Gasteiger partial charge in [-0.05, 0) is 53.4 Å². The highest BCUT2D eigenvalue weighted by molar-refractivity contribution is 9.10. The second-order valence-corrected chi connectivity index (χ2v) is 7.84. The summed E-state index contributed by atoms with van der Waals surface area (Å²) in [7, 11) is -3.73. The molecule has 0 unspecified atom stereocenters. The van der Waals surface area contributed by atoms with Gasteiger partial charge in [-0.2, -0.15) is 0 Å². The Bertz CT molecular complexity index is 651. The maximum absolute atomic E-state index is 12.5. The van der Waals surface area contributed by atoms with E-state index in [9.17, 15) is 13.2 Å². The van der Waals surface area contributed by atoms with Gasteiger partial charge in [-0.25, -0.2) is 17.9 Å². The van der Waals surface area contributed by atoms with Crippen molar-refractivity contribution in [2.45, 2.75) is 50.0 Å². The predicted octanol–water partition coefficient (Wildman–Crippen LogP) is 3.07. The number of nitrogens with one attached hydrogen (secondary N) is 1. The van der Waals surface area contributed by atoms with Crippen LogP contribution in [0.2, 0.25) is 0 Å². The lowest BCUT2D eigenvalue weighted by Gasteiger charge is -2.23. The number of rotatable bonds is 4. The Labute approximate surface area is 132 Å². The van der Waals surface area contributed by atoms with Crippen LogP contribution in [0.25, 0.3) is 0 Å². The molecule has 0 aliphatic heterocycles. The summed E-state index contributed by atoms with van der Waals surface area (Å²) in [4.78, 5) is 11.1. The molecule has 1 fully saturated rings. The molecule has 1 aliphatic rings. The number of sulfonamides is 1. The molecule has 1 saturated carbocycles. The number of aromatic carboxylic acids is 1. The fourth-order valence-electron chi connectivity index (χ4n) is 2.56. The molecule has 5 nitrogen and oxygen atoms in total. The van der Waals surface area contributed by atoms with Gasteiger partial charge >= 0.3 is 5.97 Å². The molecule has 2 N–H and O–H groups in total. The van der Waals surface area contributed by atoms with E-state index >= 15 is 0 Å². The maximum atomic E-state index is 12.5. The molecule has 0 atom stereocenters. The molecular weight excluding hydrogens is 358 g/mol. The normalized spacial score (nSPS) is 16.9. The fourth-order valence-corrected chi connectivity index (χ4v) is 4.91. The first-order valence-electron chi connectivity index (χ1n) is 6.87. The lowest BCUT2D eigenvalue weighted by atomic mass is 9.96. The minimum absolute atomic E-state index is 0.00882. The Balaban J connectivity index is 2.36. The van der Waals surface area contributed by atoms with Crippen LogP contribution in [-0.2, 0) is 10.0 Å². The Morgan fingerprint density at radius 1 is 1.29 bits per heavy atom. The molecule has 1 aromatic carbocycles. The van der Waals surface area contributed by atoms with Crippen molar-refractivity contribution in [2.24, 2.45) is 0 Å². The van der Waals surface area contributed by atoms with E-state index in [0.717, 1.165) is 32.1 Å². The third-order valence-electron chi connectivity index (χ3n) is 3.68. The lowest BCUT2D eigenvalue weighted by Crippen LogP contribution is -2.36. The monoisotopic (exact) mass is 375 g/mol. The average Bonchev–Trinajstić information content (AvgIpc) is 2.41. The summed E-state index contributed by atoms with van der Waals surface area (Å²) in [5, 5.41) is 9.08. The van der Waals surface area contributed by atoms with Crippen LogP contribution in [-0.4, -0.2) is 25.5 Å². The highest BCUT2D eigenvalue weighted by atomic mass is 79.9. The summed E-state index contributed by atoms with van der Waals surface area (Å²) in [6, 6.07) is 2.58. The SMILES string of the molecule is Cc1cc(C(=O)O)cc(S(=O)(=O)NC2CCCCC2)c1Br. The van der Waals surface area contributed by atoms with Gasteiger partial charge in [0.15, 0.2) is 0 Å². The van der Waals surface area contributed by atoms with Crippen LogP contribution in [0.5, 0.6) is 0 Å². The Kier molecular flexibility index (Phi) is 5.06. The summed E-state index contributed by atoms with van der Waals surface area (Å²) in [6.07, 6.45) is 4.82. The van der Waals surface area contributed by atoms with Crippen LogP contribution in [0, 0.1) is 6.92 Å². The van der Waals surface area contributed by atoms with Crippen LogP contribution >= 0.6 is 15.9 Å². The van der Waals surface area contributed by atoms with Crippen molar-refractivity contribution in [3.05, 3.63) is 27.7 Å². The zero-order chi connectivity index (χ0) is 15.6. The molecule has 2 rings (SSSR count). The van der Waals surface area contributed by atoms with E-state index in [2.05, 4.69) is 20.7 Å². The van der Waals surface area contributed by atoms with Crippen molar-refractivity contribution >= 4 is 31.9 Å². The molecule has 1 aliphatic carbocycles. The first-order valence-corrected chi connectivity index (χ1v) is 9.14. The quantitative estimate of drug-likeness (QED) is 0.846. The van der Waals surface area contributed by atoms with Crippen LogP contribution in [0.1, 0.15) is 48.0 Å². The first kappa shape index (κ1) is 16.5. The van der Waals surface area contributed by atoms with Gasteiger partial charge in [0, 0.05) is 10.5 Å². The maximum Gasteiger partial charge on any atom is 0.335 e. The molecule has 0 amide bonds. The fraction of sp³-hybridized carbons (Fsp3) is 0.500. The first-order chi connectivity index (χ1) is 9.81. The number of hydrogen-bond donors (Lipinski definition) is 2. The average molecular weight is 376 g/mol.